The second-order valence-corrected chi connectivity index (χ2v) is 5.33. The van der Waals surface area contributed by atoms with Crippen molar-refractivity contribution in [1.29, 1.82) is 0 Å². The molecule has 2 atom stereocenters. The minimum absolute atomic E-state index is 0.458. The molecule has 94 valence electrons. The Morgan fingerprint density at radius 2 is 2.18 bits per heavy atom. The second-order valence-electron chi connectivity index (χ2n) is 4.93. The van der Waals surface area contributed by atoms with Gasteiger partial charge in [-0.3, -0.25) is 0 Å². The van der Waals surface area contributed by atoms with E-state index in [0.717, 1.165) is 22.8 Å². The van der Waals surface area contributed by atoms with Crippen LogP contribution in [0.3, 0.4) is 0 Å². The number of aliphatic hydroxyl groups is 1. The lowest BCUT2D eigenvalue weighted by molar-refractivity contribution is 0.199. The van der Waals surface area contributed by atoms with Crippen LogP contribution in [0.2, 0.25) is 5.02 Å². The van der Waals surface area contributed by atoms with Crippen molar-refractivity contribution >= 4 is 17.3 Å². The largest absolute Gasteiger partial charge is 0.389 e. The van der Waals surface area contributed by atoms with E-state index in [1.807, 2.05) is 18.2 Å². The molecular weight excluding hydrogens is 234 g/mol. The number of benzene rings is 1. The van der Waals surface area contributed by atoms with Crippen LogP contribution in [0.4, 0.5) is 5.69 Å². The van der Waals surface area contributed by atoms with Gasteiger partial charge in [-0.2, -0.15) is 0 Å². The summed E-state index contributed by atoms with van der Waals surface area (Å²) in [6.45, 7) is 5.09. The summed E-state index contributed by atoms with van der Waals surface area (Å²) in [7, 11) is 0. The number of anilines is 1. The van der Waals surface area contributed by atoms with Crippen LogP contribution in [-0.2, 0) is 0 Å². The number of halogens is 1. The van der Waals surface area contributed by atoms with Crippen LogP contribution in [0.15, 0.2) is 18.2 Å². The van der Waals surface area contributed by atoms with E-state index in [4.69, 9.17) is 11.6 Å². The minimum atomic E-state index is -0.458. The number of hydrogen-bond acceptors (Lipinski definition) is 2. The first-order chi connectivity index (χ1) is 8.09. The predicted molar refractivity (Wildman–Crippen MR) is 72.7 cm³/mol. The number of rotatable bonds is 2. The summed E-state index contributed by atoms with van der Waals surface area (Å²) in [5.41, 5.74) is 1.98. The zero-order chi connectivity index (χ0) is 12.4. The first-order valence-electron chi connectivity index (χ1n) is 6.33. The average Bonchev–Trinajstić information content (AvgIpc) is 2.30. The van der Waals surface area contributed by atoms with Crippen molar-refractivity contribution in [1.82, 2.24) is 0 Å². The van der Waals surface area contributed by atoms with Gasteiger partial charge in [-0.1, -0.05) is 17.7 Å². The summed E-state index contributed by atoms with van der Waals surface area (Å²) < 4.78 is 0. The standard InChI is InChI=1S/C14H20ClNO/c1-10-5-3-4-8-16(10)14-7-6-12(11(2)17)9-13(14)15/h6-7,9-11,17H,3-5,8H2,1-2H3/t10-,11+/m0/s1. The van der Waals surface area contributed by atoms with Gasteiger partial charge in [0.25, 0.3) is 0 Å². The molecule has 0 radical (unpaired) electrons. The molecule has 1 aliphatic rings. The Balaban J connectivity index is 2.26. The smallest absolute Gasteiger partial charge is 0.0762 e. The summed E-state index contributed by atoms with van der Waals surface area (Å²) >= 11 is 6.32. The second kappa shape index (κ2) is 5.28. The van der Waals surface area contributed by atoms with Crippen LogP contribution in [0.5, 0.6) is 0 Å². The molecule has 0 unspecified atom stereocenters. The van der Waals surface area contributed by atoms with Crippen LogP contribution >= 0.6 is 11.6 Å². The molecular formula is C14H20ClNO. The maximum Gasteiger partial charge on any atom is 0.0762 e. The van der Waals surface area contributed by atoms with E-state index < -0.39 is 6.10 Å². The summed E-state index contributed by atoms with van der Waals surface area (Å²) in [5, 5.41) is 10.3. The SMILES string of the molecule is C[C@@H](O)c1ccc(N2CCCC[C@@H]2C)c(Cl)c1. The van der Waals surface area contributed by atoms with Crippen molar-refractivity contribution in [3.05, 3.63) is 28.8 Å². The maximum absolute atomic E-state index is 9.53. The molecule has 1 aromatic rings. The van der Waals surface area contributed by atoms with Crippen molar-refractivity contribution in [2.75, 3.05) is 11.4 Å². The van der Waals surface area contributed by atoms with E-state index in [-0.39, 0.29) is 0 Å². The highest BCUT2D eigenvalue weighted by atomic mass is 35.5. The summed E-state index contributed by atoms with van der Waals surface area (Å²) in [6, 6.07) is 6.43. The Hall–Kier alpha value is -0.730. The molecule has 1 fully saturated rings. The molecule has 1 saturated heterocycles. The molecule has 0 spiro atoms. The minimum Gasteiger partial charge on any atom is -0.389 e. The van der Waals surface area contributed by atoms with E-state index in [1.165, 1.54) is 19.3 Å². The molecule has 0 aliphatic carbocycles. The van der Waals surface area contributed by atoms with Gasteiger partial charge in [0, 0.05) is 12.6 Å². The summed E-state index contributed by atoms with van der Waals surface area (Å²) in [5.74, 6) is 0. The summed E-state index contributed by atoms with van der Waals surface area (Å²) in [4.78, 5) is 2.37. The Morgan fingerprint density at radius 1 is 1.41 bits per heavy atom. The molecule has 0 saturated carbocycles. The molecule has 0 aromatic heterocycles. The van der Waals surface area contributed by atoms with Gasteiger partial charge in [0.1, 0.15) is 0 Å². The van der Waals surface area contributed by atoms with Crippen molar-refractivity contribution < 1.29 is 5.11 Å². The van der Waals surface area contributed by atoms with Crippen LogP contribution in [0.1, 0.15) is 44.8 Å². The van der Waals surface area contributed by atoms with E-state index in [9.17, 15) is 5.11 Å². The fourth-order valence-electron chi connectivity index (χ4n) is 2.47. The quantitative estimate of drug-likeness (QED) is 0.867. The van der Waals surface area contributed by atoms with Crippen molar-refractivity contribution in [3.63, 3.8) is 0 Å². The number of aliphatic hydroxyl groups excluding tert-OH is 1. The third-order valence-corrected chi connectivity index (χ3v) is 3.87. The molecule has 1 aliphatic heterocycles. The Labute approximate surface area is 108 Å². The van der Waals surface area contributed by atoms with Crippen molar-refractivity contribution in [2.45, 2.75) is 45.3 Å². The van der Waals surface area contributed by atoms with Crippen LogP contribution in [0.25, 0.3) is 0 Å². The highest BCUT2D eigenvalue weighted by Crippen LogP contribution is 2.32. The van der Waals surface area contributed by atoms with Gasteiger partial charge in [-0.25, -0.2) is 0 Å². The Kier molecular flexibility index (Phi) is 3.95. The molecule has 0 amide bonds. The first-order valence-corrected chi connectivity index (χ1v) is 6.71. The Morgan fingerprint density at radius 3 is 2.76 bits per heavy atom. The molecule has 2 nitrogen and oxygen atoms in total. The normalized spacial score (nSPS) is 22.6. The maximum atomic E-state index is 9.53. The zero-order valence-corrected chi connectivity index (χ0v) is 11.2. The van der Waals surface area contributed by atoms with Crippen LogP contribution < -0.4 is 4.90 Å². The van der Waals surface area contributed by atoms with E-state index in [2.05, 4.69) is 11.8 Å². The highest BCUT2D eigenvalue weighted by Gasteiger charge is 2.20. The average molecular weight is 254 g/mol. The number of nitrogens with zero attached hydrogens (tertiary/aromatic N) is 1. The van der Waals surface area contributed by atoms with E-state index >= 15 is 0 Å². The van der Waals surface area contributed by atoms with Gasteiger partial charge in [0.2, 0.25) is 0 Å². The molecule has 2 rings (SSSR count). The monoisotopic (exact) mass is 253 g/mol. The molecule has 0 bridgehead atoms. The lowest BCUT2D eigenvalue weighted by Crippen LogP contribution is -2.37. The van der Waals surface area contributed by atoms with Crippen LogP contribution in [0, 0.1) is 0 Å². The number of piperidine rings is 1. The molecule has 1 heterocycles. The lowest BCUT2D eigenvalue weighted by Gasteiger charge is -2.36. The fraction of sp³-hybridized carbons (Fsp3) is 0.571. The van der Waals surface area contributed by atoms with Gasteiger partial charge >= 0.3 is 0 Å². The van der Waals surface area contributed by atoms with Gasteiger partial charge < -0.3 is 10.0 Å². The third kappa shape index (κ3) is 2.75. The zero-order valence-electron chi connectivity index (χ0n) is 10.5. The molecule has 3 heteroatoms. The van der Waals surface area contributed by atoms with Crippen LogP contribution in [-0.4, -0.2) is 17.7 Å². The van der Waals surface area contributed by atoms with Crippen molar-refractivity contribution in [3.8, 4) is 0 Å². The first kappa shape index (κ1) is 12.7. The van der Waals surface area contributed by atoms with E-state index in [1.54, 1.807) is 6.92 Å². The molecule has 1 N–H and O–H groups in total. The lowest BCUT2D eigenvalue weighted by atomic mass is 10.0. The van der Waals surface area contributed by atoms with Crippen molar-refractivity contribution in [2.24, 2.45) is 0 Å². The highest BCUT2D eigenvalue weighted by molar-refractivity contribution is 6.33. The van der Waals surface area contributed by atoms with Gasteiger partial charge in [0.15, 0.2) is 0 Å². The van der Waals surface area contributed by atoms with E-state index in [0.29, 0.717) is 6.04 Å². The van der Waals surface area contributed by atoms with Gasteiger partial charge in [-0.05, 0) is 50.8 Å². The van der Waals surface area contributed by atoms with Gasteiger partial charge in [-0.15, -0.1) is 0 Å². The van der Waals surface area contributed by atoms with Gasteiger partial charge in [0.05, 0.1) is 16.8 Å². The molecule has 1 aromatic carbocycles. The fourth-order valence-corrected chi connectivity index (χ4v) is 2.77. The summed E-state index contributed by atoms with van der Waals surface area (Å²) in [6.07, 6.45) is 3.31. The third-order valence-electron chi connectivity index (χ3n) is 3.57. The Bertz CT molecular complexity index is 392. The predicted octanol–water partition coefficient (Wildman–Crippen LogP) is 3.77. The topological polar surface area (TPSA) is 23.5 Å². The molecule has 17 heavy (non-hydrogen) atoms. The number of hydrogen-bond donors (Lipinski definition) is 1.